The van der Waals surface area contributed by atoms with Crippen LogP contribution in [-0.4, -0.2) is 38.8 Å². The molecule has 1 N–H and O–H groups in total. The van der Waals surface area contributed by atoms with Crippen LogP contribution < -0.4 is 4.72 Å². The van der Waals surface area contributed by atoms with E-state index in [1.807, 2.05) is 20.8 Å². The van der Waals surface area contributed by atoms with Crippen molar-refractivity contribution in [1.82, 2.24) is 9.62 Å². The van der Waals surface area contributed by atoms with Crippen LogP contribution in [0.25, 0.3) is 0 Å². The Morgan fingerprint density at radius 2 is 1.88 bits per heavy atom. The Balaban J connectivity index is 1.89. The van der Waals surface area contributed by atoms with Crippen LogP contribution in [0.4, 0.5) is 0 Å². The van der Waals surface area contributed by atoms with Gasteiger partial charge in [-0.1, -0.05) is 44.5 Å². The monoisotopic (exact) mass is 498 g/mol. The van der Waals surface area contributed by atoms with E-state index in [-0.39, 0.29) is 34.2 Å². The number of carbonyl (C=O) groups excluding carboxylic acids is 2. The zero-order valence-corrected chi connectivity index (χ0v) is 20.9. The largest absolute Gasteiger partial charge is 0.465 e. The van der Waals surface area contributed by atoms with Crippen molar-refractivity contribution in [2.75, 3.05) is 13.7 Å². The third kappa shape index (κ3) is 5.70. The number of benzene rings is 1. The minimum absolute atomic E-state index is 0.0152. The lowest BCUT2D eigenvalue weighted by atomic mass is 9.91. The molecule has 2 aromatic rings. The lowest BCUT2D eigenvalue weighted by molar-refractivity contribution is -0.133. The van der Waals surface area contributed by atoms with Crippen LogP contribution in [0, 0.1) is 5.41 Å². The van der Waals surface area contributed by atoms with Gasteiger partial charge in [-0.05, 0) is 35.1 Å². The zero-order chi connectivity index (χ0) is 23.7. The van der Waals surface area contributed by atoms with E-state index in [0.717, 1.165) is 16.9 Å². The van der Waals surface area contributed by atoms with Gasteiger partial charge in [-0.3, -0.25) is 4.79 Å². The summed E-state index contributed by atoms with van der Waals surface area (Å²) >= 11 is 6.90. The summed E-state index contributed by atoms with van der Waals surface area (Å²) in [5, 5.41) is 0.557. The molecule has 1 aromatic carbocycles. The number of sulfonamides is 1. The fourth-order valence-corrected chi connectivity index (χ4v) is 6.59. The molecule has 1 aliphatic rings. The van der Waals surface area contributed by atoms with Gasteiger partial charge >= 0.3 is 5.97 Å². The molecule has 0 fully saturated rings. The summed E-state index contributed by atoms with van der Waals surface area (Å²) in [6, 6.07) is 6.81. The van der Waals surface area contributed by atoms with Gasteiger partial charge in [0.05, 0.1) is 19.2 Å². The van der Waals surface area contributed by atoms with Crippen molar-refractivity contribution in [2.24, 2.45) is 5.41 Å². The van der Waals surface area contributed by atoms with Gasteiger partial charge in [0.2, 0.25) is 5.91 Å². The predicted octanol–water partition coefficient (Wildman–Crippen LogP) is 3.99. The predicted molar refractivity (Wildman–Crippen MR) is 124 cm³/mol. The molecule has 0 aliphatic carbocycles. The molecule has 174 valence electrons. The third-order valence-corrected chi connectivity index (χ3v) is 8.46. The van der Waals surface area contributed by atoms with Gasteiger partial charge in [0.1, 0.15) is 4.21 Å². The Hall–Kier alpha value is -1.94. The summed E-state index contributed by atoms with van der Waals surface area (Å²) in [7, 11) is -2.76. The molecule has 32 heavy (non-hydrogen) atoms. The first kappa shape index (κ1) is 24.7. The van der Waals surface area contributed by atoms with Crippen molar-refractivity contribution >= 4 is 44.8 Å². The molecular formula is C22H27ClN2O5S2. The van der Waals surface area contributed by atoms with Gasteiger partial charge in [0.15, 0.2) is 0 Å². The smallest absolute Gasteiger partial charge is 0.340 e. The SMILES string of the molecule is COC(=O)c1c(S(=O)(=O)NCc2ccc(Cl)cc2)sc2c1CCN(C(=O)CC(C)(C)C)C2. The molecule has 1 aliphatic heterocycles. The van der Waals surface area contributed by atoms with E-state index in [1.54, 1.807) is 29.2 Å². The van der Waals surface area contributed by atoms with Gasteiger partial charge in [-0.25, -0.2) is 17.9 Å². The number of nitrogens with one attached hydrogen (secondary N) is 1. The molecule has 0 spiro atoms. The lowest BCUT2D eigenvalue weighted by Gasteiger charge is -2.30. The summed E-state index contributed by atoms with van der Waals surface area (Å²) in [4.78, 5) is 27.6. The van der Waals surface area contributed by atoms with Crippen molar-refractivity contribution < 1.29 is 22.7 Å². The van der Waals surface area contributed by atoms with E-state index in [4.69, 9.17) is 16.3 Å². The highest BCUT2D eigenvalue weighted by Gasteiger charge is 2.35. The first-order valence-electron chi connectivity index (χ1n) is 10.2. The Labute approximate surface area is 197 Å². The molecule has 1 aromatic heterocycles. The topological polar surface area (TPSA) is 92.8 Å². The number of carbonyl (C=O) groups is 2. The first-order valence-corrected chi connectivity index (χ1v) is 12.8. The standard InChI is InChI=1S/C22H27ClN2O5S2/c1-22(2,3)11-18(26)25-10-9-16-17(13-25)31-21(19(16)20(27)30-4)32(28,29)24-12-14-5-7-15(23)8-6-14/h5-8,24H,9-13H2,1-4H3. The van der Waals surface area contributed by atoms with E-state index in [2.05, 4.69) is 4.72 Å². The van der Waals surface area contributed by atoms with Crippen LogP contribution in [0.15, 0.2) is 28.5 Å². The average Bonchev–Trinajstić information content (AvgIpc) is 3.11. The summed E-state index contributed by atoms with van der Waals surface area (Å²) in [6.07, 6.45) is 0.796. The van der Waals surface area contributed by atoms with Gasteiger partial charge in [-0.15, -0.1) is 11.3 Å². The molecule has 7 nitrogen and oxygen atoms in total. The highest BCUT2D eigenvalue weighted by atomic mass is 35.5. The quantitative estimate of drug-likeness (QED) is 0.608. The number of nitrogens with zero attached hydrogens (tertiary/aromatic N) is 1. The number of hydrogen-bond acceptors (Lipinski definition) is 6. The number of hydrogen-bond donors (Lipinski definition) is 1. The first-order chi connectivity index (χ1) is 14.9. The molecule has 0 saturated carbocycles. The minimum Gasteiger partial charge on any atom is -0.465 e. The van der Waals surface area contributed by atoms with Gasteiger partial charge in [-0.2, -0.15) is 0 Å². The van der Waals surface area contributed by atoms with Crippen LogP contribution >= 0.6 is 22.9 Å². The van der Waals surface area contributed by atoms with Crippen LogP contribution in [0.3, 0.4) is 0 Å². The van der Waals surface area contributed by atoms with Gasteiger partial charge < -0.3 is 9.64 Å². The number of rotatable bonds is 6. The van der Waals surface area contributed by atoms with Crippen molar-refractivity contribution in [3.05, 3.63) is 50.9 Å². The number of thiophene rings is 1. The van der Waals surface area contributed by atoms with Gasteiger partial charge in [0.25, 0.3) is 10.0 Å². The second-order valence-electron chi connectivity index (χ2n) is 8.91. The third-order valence-electron chi connectivity index (χ3n) is 5.07. The van der Waals surface area contributed by atoms with Crippen LogP contribution in [0.2, 0.25) is 5.02 Å². The summed E-state index contributed by atoms with van der Waals surface area (Å²) < 4.78 is 33.6. The normalized spacial score (nSPS) is 14.2. The molecule has 0 radical (unpaired) electrons. The molecule has 3 rings (SSSR count). The highest BCUT2D eigenvalue weighted by Crippen LogP contribution is 2.37. The van der Waals surface area contributed by atoms with Crippen molar-refractivity contribution in [2.45, 2.75) is 50.9 Å². The highest BCUT2D eigenvalue weighted by molar-refractivity contribution is 7.91. The second-order valence-corrected chi connectivity index (χ2v) is 12.4. The molecular weight excluding hydrogens is 472 g/mol. The van der Waals surface area contributed by atoms with E-state index >= 15 is 0 Å². The number of fused-ring (bicyclic) bond motifs is 1. The minimum atomic E-state index is -3.98. The molecule has 0 unspecified atom stereocenters. The number of ether oxygens (including phenoxy) is 1. The lowest BCUT2D eigenvalue weighted by Crippen LogP contribution is -2.37. The van der Waals surface area contributed by atoms with Crippen LogP contribution in [-0.2, 0) is 39.1 Å². The van der Waals surface area contributed by atoms with Crippen molar-refractivity contribution in [3.63, 3.8) is 0 Å². The van der Waals surface area contributed by atoms with Crippen molar-refractivity contribution in [3.8, 4) is 0 Å². The maximum Gasteiger partial charge on any atom is 0.340 e. The van der Waals surface area contributed by atoms with E-state index < -0.39 is 16.0 Å². The molecule has 0 atom stereocenters. The van der Waals surface area contributed by atoms with E-state index in [0.29, 0.717) is 34.8 Å². The second kappa shape index (κ2) is 9.51. The van der Waals surface area contributed by atoms with Crippen LogP contribution in [0.5, 0.6) is 0 Å². The van der Waals surface area contributed by atoms with E-state index in [9.17, 15) is 18.0 Å². The fraction of sp³-hybridized carbons (Fsp3) is 0.455. The Kier molecular flexibility index (Phi) is 7.34. The average molecular weight is 499 g/mol. The summed E-state index contributed by atoms with van der Waals surface area (Å²) in [6.45, 7) is 6.76. The maximum atomic E-state index is 13.1. The summed E-state index contributed by atoms with van der Waals surface area (Å²) in [5.74, 6) is -0.676. The molecule has 0 saturated heterocycles. The van der Waals surface area contributed by atoms with Gasteiger partial charge in [0, 0.05) is 29.4 Å². The number of esters is 1. The Bertz CT molecular complexity index is 1120. The fourth-order valence-electron chi connectivity index (χ4n) is 3.50. The molecule has 0 bridgehead atoms. The number of halogens is 1. The summed E-state index contributed by atoms with van der Waals surface area (Å²) in [5.41, 5.74) is 1.30. The molecule has 2 heterocycles. The Morgan fingerprint density at radius 1 is 1.22 bits per heavy atom. The van der Waals surface area contributed by atoms with Crippen molar-refractivity contribution in [1.29, 1.82) is 0 Å². The zero-order valence-electron chi connectivity index (χ0n) is 18.5. The van der Waals surface area contributed by atoms with Crippen LogP contribution in [0.1, 0.15) is 53.6 Å². The number of methoxy groups -OCH3 is 1. The maximum absolute atomic E-state index is 13.1. The Morgan fingerprint density at radius 3 is 2.47 bits per heavy atom. The molecule has 10 heteroatoms. The van der Waals surface area contributed by atoms with E-state index in [1.165, 1.54) is 7.11 Å². The number of amides is 1. The molecule has 1 amide bonds.